The fraction of sp³-hybridized carbons (Fsp3) is 0.378. The van der Waals surface area contributed by atoms with E-state index in [1.165, 1.54) is 77.4 Å². The van der Waals surface area contributed by atoms with Gasteiger partial charge < -0.3 is 19.1 Å². The third-order valence-electron chi connectivity index (χ3n) is 11.3. The lowest BCUT2D eigenvalue weighted by Crippen LogP contribution is -2.33. The van der Waals surface area contributed by atoms with Gasteiger partial charge in [0.05, 0.1) is 47.1 Å². The summed E-state index contributed by atoms with van der Waals surface area (Å²) in [6, 6.07) is 15.5. The van der Waals surface area contributed by atoms with Crippen LogP contribution in [-0.4, -0.2) is 93.9 Å². The Hall–Kier alpha value is -4.89. The Labute approximate surface area is 392 Å². The highest BCUT2D eigenvalue weighted by atomic mass is 35.5. The molecule has 0 unspecified atom stereocenters. The maximum absolute atomic E-state index is 13.6. The lowest BCUT2D eigenvalue weighted by atomic mass is 10.1. The number of sulfone groups is 1. The summed E-state index contributed by atoms with van der Waals surface area (Å²) in [5, 5.41) is 6.20. The van der Waals surface area contributed by atoms with Crippen molar-refractivity contribution in [2.45, 2.75) is 73.6 Å². The summed E-state index contributed by atoms with van der Waals surface area (Å²) >= 11 is 8.68. The van der Waals surface area contributed by atoms with Crippen LogP contribution in [0, 0.1) is 12.8 Å². The normalized spacial score (nSPS) is 15.4. The van der Waals surface area contributed by atoms with E-state index in [-0.39, 0.29) is 33.3 Å². The van der Waals surface area contributed by atoms with E-state index in [0.717, 1.165) is 54.2 Å². The zero-order valence-electron chi connectivity index (χ0n) is 36.5. The minimum Gasteiger partial charge on any atom is -0.497 e. The van der Waals surface area contributed by atoms with E-state index < -0.39 is 19.9 Å². The fourth-order valence-corrected chi connectivity index (χ4v) is 12.7. The highest BCUT2D eigenvalue weighted by molar-refractivity contribution is 7.93. The molecular weight excluding hydrogens is 928 g/mol. The van der Waals surface area contributed by atoms with Crippen LogP contribution in [0.3, 0.4) is 0 Å². The predicted molar refractivity (Wildman–Crippen MR) is 256 cm³/mol. The second-order valence-corrected chi connectivity index (χ2v) is 21.6. The molecule has 5 heterocycles. The van der Waals surface area contributed by atoms with E-state index in [4.69, 9.17) is 25.8 Å². The van der Waals surface area contributed by atoms with Gasteiger partial charge in [0.15, 0.2) is 15.0 Å². The van der Waals surface area contributed by atoms with Crippen LogP contribution in [-0.2, 0) is 41.6 Å². The highest BCUT2D eigenvalue weighted by Crippen LogP contribution is 2.33. The largest absolute Gasteiger partial charge is 0.497 e. The lowest BCUT2D eigenvalue weighted by molar-refractivity contribution is 0.155. The molecule has 0 N–H and O–H groups in total. The number of benzene rings is 3. The van der Waals surface area contributed by atoms with Crippen molar-refractivity contribution in [2.75, 3.05) is 50.3 Å². The number of thiazole rings is 2. The number of methoxy groups -OCH3 is 3. The molecule has 1 saturated heterocycles. The number of hydrogen-bond donors (Lipinski definition) is 0. The lowest BCUT2D eigenvalue weighted by Gasteiger charge is -2.26. The van der Waals surface area contributed by atoms with E-state index in [9.17, 15) is 16.8 Å². The average Bonchev–Trinajstić information content (AvgIpc) is 4.17. The minimum atomic E-state index is -3.91. The van der Waals surface area contributed by atoms with Crippen LogP contribution in [0.25, 0.3) is 21.8 Å². The number of anilines is 2. The third kappa shape index (κ3) is 11.7. The van der Waals surface area contributed by atoms with Crippen molar-refractivity contribution >= 4 is 86.9 Å². The van der Waals surface area contributed by atoms with Crippen molar-refractivity contribution < 1.29 is 31.0 Å². The number of nitrogens with zero attached hydrogens (tertiary/aromatic N) is 8. The first-order chi connectivity index (χ1) is 31.4. The smallest absolute Gasteiger partial charge is 0.266 e. The molecule has 0 radical (unpaired) electrons. The summed E-state index contributed by atoms with van der Waals surface area (Å²) in [5.74, 6) is 2.34. The van der Waals surface area contributed by atoms with Crippen LogP contribution < -0.4 is 13.9 Å². The molecule has 0 bridgehead atoms. The van der Waals surface area contributed by atoms with Gasteiger partial charge in [0.1, 0.15) is 40.1 Å². The number of hydrogen-bond acceptors (Lipinski definition) is 16. The van der Waals surface area contributed by atoms with E-state index in [1.807, 2.05) is 31.2 Å². The van der Waals surface area contributed by atoms with E-state index in [2.05, 4.69) is 34.8 Å². The third-order valence-corrected chi connectivity index (χ3v) is 16.8. The number of sulfonamides is 1. The molecule has 9 rings (SSSR count). The highest BCUT2D eigenvalue weighted by Gasteiger charge is 2.29. The van der Waals surface area contributed by atoms with Crippen molar-refractivity contribution in [3.05, 3.63) is 112 Å². The van der Waals surface area contributed by atoms with Gasteiger partial charge in [-0.1, -0.05) is 30.5 Å². The SMILES string of the molecule is COCC1CCCC1.COC[C@H]1CCCN1c1ncnc2cc(S(=O)(=O)Cc3nccs3)ccc12.COc1ccc(CN(c2nccs2)S(=O)(=O)c2ccc3c(Cl)ncnc3c2)c(C)c1. The molecule has 1 aliphatic carbocycles. The van der Waals surface area contributed by atoms with Crippen LogP contribution in [0.5, 0.6) is 5.75 Å². The van der Waals surface area contributed by atoms with E-state index >= 15 is 0 Å². The monoisotopic (exact) mass is 978 g/mol. The van der Waals surface area contributed by atoms with Gasteiger partial charge in [-0.05, 0) is 98.2 Å². The van der Waals surface area contributed by atoms with Gasteiger partial charge in [0, 0.05) is 61.3 Å². The summed E-state index contributed by atoms with van der Waals surface area (Å²) in [6.07, 6.45) is 13.8. The molecule has 0 amide bonds. The number of rotatable bonds is 14. The molecule has 2 fully saturated rings. The summed E-state index contributed by atoms with van der Waals surface area (Å²) < 4.78 is 69.5. The Morgan fingerprint density at radius 3 is 2.14 bits per heavy atom. The van der Waals surface area contributed by atoms with Crippen LogP contribution in [0.15, 0.2) is 100 Å². The summed E-state index contributed by atoms with van der Waals surface area (Å²) in [5.41, 5.74) is 2.85. The zero-order valence-corrected chi connectivity index (χ0v) is 40.6. The average molecular weight is 980 g/mol. The molecule has 15 nitrogen and oxygen atoms in total. The van der Waals surface area contributed by atoms with Gasteiger partial charge in [0.25, 0.3) is 10.0 Å². The molecule has 20 heteroatoms. The van der Waals surface area contributed by atoms with Crippen LogP contribution >= 0.6 is 34.3 Å². The van der Waals surface area contributed by atoms with Crippen molar-refractivity contribution in [1.29, 1.82) is 0 Å². The standard InChI is InChI=1S/C20H17ClN4O3S2.C18H20N4O3S2.C7H14O/c1-13-9-15(28-2)4-3-14(13)11-25(20-22-7-8-29-20)30(26,27)16-5-6-17-18(10-16)23-12-24-19(17)21;1-25-10-13-3-2-7-22(13)18-15-5-4-14(9-16(15)20-12-21-18)27(23,24)11-17-19-6-8-26-17;1-8-6-7-4-2-3-5-7/h3-10,12H,11H2,1-2H3;4-6,8-9,12-13H,2-3,7,10-11H2,1H3;7H,2-6H2,1H3/t;13-;/m.1./s1. The molecular formula is C45H51ClN8O7S4. The number of aryl methyl sites for hydroxylation is 1. The topological polar surface area (TPSA) is 180 Å². The molecule has 7 aromatic rings. The van der Waals surface area contributed by atoms with Crippen LogP contribution in [0.2, 0.25) is 5.15 Å². The molecule has 2 aliphatic rings. The minimum absolute atomic E-state index is 0.101. The van der Waals surface area contributed by atoms with Crippen molar-refractivity contribution in [3.8, 4) is 5.75 Å². The van der Waals surface area contributed by atoms with Gasteiger partial charge >= 0.3 is 0 Å². The maximum atomic E-state index is 13.6. The molecule has 1 atom stereocenters. The Morgan fingerprint density at radius 1 is 0.754 bits per heavy atom. The Bertz CT molecular complexity index is 2890. The molecule has 344 valence electrons. The van der Waals surface area contributed by atoms with E-state index in [0.29, 0.717) is 38.9 Å². The zero-order chi connectivity index (χ0) is 46.0. The van der Waals surface area contributed by atoms with Gasteiger partial charge in [-0.2, -0.15) is 0 Å². The number of fused-ring (bicyclic) bond motifs is 2. The second kappa shape index (κ2) is 22.1. The second-order valence-electron chi connectivity index (χ2n) is 15.6. The van der Waals surface area contributed by atoms with Crippen LogP contribution in [0.4, 0.5) is 10.9 Å². The first-order valence-corrected chi connectivity index (χ1v) is 26.2. The van der Waals surface area contributed by atoms with Crippen molar-refractivity contribution in [1.82, 2.24) is 29.9 Å². The van der Waals surface area contributed by atoms with Crippen molar-refractivity contribution in [3.63, 3.8) is 0 Å². The Kier molecular flexibility index (Phi) is 16.3. The first kappa shape index (κ1) is 48.1. The van der Waals surface area contributed by atoms with Crippen LogP contribution in [0.1, 0.15) is 54.7 Å². The van der Waals surface area contributed by atoms with Gasteiger partial charge in [-0.25, -0.2) is 51.0 Å². The van der Waals surface area contributed by atoms with Gasteiger partial charge in [-0.15, -0.1) is 22.7 Å². The predicted octanol–water partition coefficient (Wildman–Crippen LogP) is 8.95. The Balaban J connectivity index is 0.000000166. The summed E-state index contributed by atoms with van der Waals surface area (Å²) in [4.78, 5) is 27.8. The van der Waals surface area contributed by atoms with E-state index in [1.54, 1.807) is 62.7 Å². The fourth-order valence-electron chi connectivity index (χ4n) is 7.92. The van der Waals surface area contributed by atoms with Gasteiger partial charge in [0.2, 0.25) is 0 Å². The molecule has 4 aromatic heterocycles. The van der Waals surface area contributed by atoms with Gasteiger partial charge in [-0.3, -0.25) is 0 Å². The quantitative estimate of drug-likeness (QED) is 0.0943. The maximum Gasteiger partial charge on any atom is 0.266 e. The number of ether oxygens (including phenoxy) is 3. The summed E-state index contributed by atoms with van der Waals surface area (Å²) in [7, 11) is -2.30. The number of aromatic nitrogens is 6. The van der Waals surface area contributed by atoms with Crippen molar-refractivity contribution in [2.24, 2.45) is 5.92 Å². The molecule has 3 aromatic carbocycles. The molecule has 65 heavy (non-hydrogen) atoms. The summed E-state index contributed by atoms with van der Waals surface area (Å²) in [6.45, 7) is 4.59. The first-order valence-electron chi connectivity index (χ1n) is 21.0. The Morgan fingerprint density at radius 2 is 1.45 bits per heavy atom. The molecule has 0 spiro atoms. The molecule has 1 aliphatic heterocycles. The molecule has 1 saturated carbocycles. The number of halogens is 1.